The topological polar surface area (TPSA) is 24.7 Å². The molecule has 0 aromatic carbocycles. The maximum atomic E-state index is 4.06. The van der Waals surface area contributed by atoms with Crippen LogP contribution in [-0.4, -0.2) is 11.5 Å². The second-order valence-electron chi connectivity index (χ2n) is 1.92. The number of amidine groups is 1. The van der Waals surface area contributed by atoms with Crippen molar-refractivity contribution in [3.05, 3.63) is 12.8 Å². The quantitative estimate of drug-likeness (QED) is 0.377. The van der Waals surface area contributed by atoms with Crippen molar-refractivity contribution in [3.63, 3.8) is 0 Å². The van der Waals surface area contributed by atoms with Gasteiger partial charge in [-0.15, -0.1) is 0 Å². The molecule has 0 N–H and O–H groups in total. The van der Waals surface area contributed by atoms with Gasteiger partial charge >= 0.3 is 0 Å². The molecule has 0 heterocycles. The molecule has 0 spiro atoms. The van der Waals surface area contributed by atoms with Gasteiger partial charge in [-0.2, -0.15) is 0 Å². The summed E-state index contributed by atoms with van der Waals surface area (Å²) in [4.78, 5) is 7.92. The highest BCUT2D eigenvalue weighted by atomic mass is 14.9. The van der Waals surface area contributed by atoms with E-state index in [9.17, 15) is 0 Å². The van der Waals surface area contributed by atoms with Crippen molar-refractivity contribution in [1.29, 1.82) is 0 Å². The minimum absolute atomic E-state index is 0.755. The molecule has 50 valence electrons. The number of aliphatic imine (C=N–C) groups is 2. The molecule has 0 aliphatic rings. The van der Waals surface area contributed by atoms with Crippen LogP contribution in [0.1, 0.15) is 20.8 Å². The van der Waals surface area contributed by atoms with Crippen LogP contribution >= 0.6 is 0 Å². The Morgan fingerprint density at radius 3 is 2.22 bits per heavy atom. The largest absolute Gasteiger partial charge is 0.243 e. The zero-order valence-electron chi connectivity index (χ0n) is 6.18. The molecule has 2 nitrogen and oxygen atoms in total. The minimum atomic E-state index is 0.755. The van der Waals surface area contributed by atoms with E-state index in [0.717, 1.165) is 11.5 Å². The summed E-state index contributed by atoms with van der Waals surface area (Å²) in [7, 11) is 0. The predicted molar refractivity (Wildman–Crippen MR) is 42.1 cm³/mol. The molecule has 0 radical (unpaired) electrons. The Kier molecular flexibility index (Phi) is 3.60. The van der Waals surface area contributed by atoms with Gasteiger partial charge in [-0.25, -0.2) is 9.98 Å². The van der Waals surface area contributed by atoms with Gasteiger partial charge in [-0.3, -0.25) is 0 Å². The van der Waals surface area contributed by atoms with E-state index in [1.54, 1.807) is 0 Å². The highest BCUT2D eigenvalue weighted by Gasteiger charge is 1.80. The number of hydrogen-bond donors (Lipinski definition) is 0. The van der Waals surface area contributed by atoms with Crippen molar-refractivity contribution in [2.75, 3.05) is 0 Å². The third kappa shape index (κ3) is 4.94. The summed E-state index contributed by atoms with van der Waals surface area (Å²) in [5.74, 6) is 0.755. The summed E-state index contributed by atoms with van der Waals surface area (Å²) in [6.45, 7) is 9.16. The summed E-state index contributed by atoms with van der Waals surface area (Å²) in [5, 5.41) is 0. The summed E-state index contributed by atoms with van der Waals surface area (Å²) in [5.41, 5.74) is 1.01. The van der Waals surface area contributed by atoms with E-state index in [-0.39, 0.29) is 0 Å². The van der Waals surface area contributed by atoms with Crippen LogP contribution in [0.5, 0.6) is 0 Å². The first-order valence-electron chi connectivity index (χ1n) is 2.84. The fourth-order valence-corrected chi connectivity index (χ4v) is 0.485. The Labute approximate surface area is 56.0 Å². The molecule has 0 unspecified atom stereocenters. The maximum Gasteiger partial charge on any atom is 0.125 e. The lowest BCUT2D eigenvalue weighted by Gasteiger charge is -1.88. The molecular formula is C7H12N2. The lowest BCUT2D eigenvalue weighted by atomic mass is 10.5. The molecule has 0 amide bonds. The van der Waals surface area contributed by atoms with Gasteiger partial charge in [0, 0.05) is 11.9 Å². The van der Waals surface area contributed by atoms with Gasteiger partial charge in [0.05, 0.1) is 0 Å². The molecular weight excluding hydrogens is 112 g/mol. The fraction of sp³-hybridized carbons (Fsp3) is 0.429. The van der Waals surface area contributed by atoms with E-state index in [2.05, 4.69) is 16.6 Å². The smallest absolute Gasteiger partial charge is 0.125 e. The molecule has 0 atom stereocenters. The first kappa shape index (κ1) is 8.08. The summed E-state index contributed by atoms with van der Waals surface area (Å²) in [6, 6.07) is 0. The van der Waals surface area contributed by atoms with E-state index < -0.39 is 0 Å². The lowest BCUT2D eigenvalue weighted by Crippen LogP contribution is -1.89. The second kappa shape index (κ2) is 4.01. The monoisotopic (exact) mass is 124 g/mol. The molecule has 0 aromatic rings. The van der Waals surface area contributed by atoms with Gasteiger partial charge in [0.1, 0.15) is 5.84 Å². The average molecular weight is 124 g/mol. The molecule has 0 fully saturated rings. The van der Waals surface area contributed by atoms with Gasteiger partial charge in [-0.1, -0.05) is 6.58 Å². The molecule has 0 bridgehead atoms. The number of hydrogen-bond acceptors (Lipinski definition) is 1. The minimum Gasteiger partial charge on any atom is -0.243 e. The van der Waals surface area contributed by atoms with Crippen LogP contribution in [0, 0.1) is 0 Å². The van der Waals surface area contributed by atoms with Crippen LogP contribution in [0.3, 0.4) is 0 Å². The zero-order chi connectivity index (χ0) is 7.28. The summed E-state index contributed by atoms with van der Waals surface area (Å²) >= 11 is 0. The molecule has 0 saturated carbocycles. The Hall–Kier alpha value is -0.920. The second-order valence-corrected chi connectivity index (χ2v) is 1.92. The van der Waals surface area contributed by atoms with E-state index in [1.807, 2.05) is 20.8 Å². The van der Waals surface area contributed by atoms with Crippen LogP contribution in [0.4, 0.5) is 0 Å². The van der Waals surface area contributed by atoms with Crippen molar-refractivity contribution in [2.24, 2.45) is 9.98 Å². The van der Waals surface area contributed by atoms with Gasteiger partial charge in [0.25, 0.3) is 0 Å². The third-order valence-electron chi connectivity index (χ3n) is 0.664. The summed E-state index contributed by atoms with van der Waals surface area (Å²) < 4.78 is 0. The van der Waals surface area contributed by atoms with Crippen molar-refractivity contribution in [3.8, 4) is 0 Å². The standard InChI is InChI=1S/C7H12N2/c1-5-8-7(4)9-6(2)3/h5H,1H2,2-4H3/b8-7-. The van der Waals surface area contributed by atoms with E-state index in [4.69, 9.17) is 0 Å². The van der Waals surface area contributed by atoms with E-state index in [1.165, 1.54) is 6.20 Å². The van der Waals surface area contributed by atoms with Crippen LogP contribution in [-0.2, 0) is 0 Å². The molecule has 0 aliphatic heterocycles. The van der Waals surface area contributed by atoms with Gasteiger partial charge in [0.15, 0.2) is 0 Å². The number of nitrogens with zero attached hydrogens (tertiary/aromatic N) is 2. The Bertz CT molecular complexity index is 150. The first-order valence-corrected chi connectivity index (χ1v) is 2.84. The molecule has 0 aliphatic carbocycles. The third-order valence-corrected chi connectivity index (χ3v) is 0.664. The van der Waals surface area contributed by atoms with Crippen LogP contribution in [0.15, 0.2) is 22.8 Å². The first-order chi connectivity index (χ1) is 4.16. The van der Waals surface area contributed by atoms with Crippen molar-refractivity contribution in [1.82, 2.24) is 0 Å². The van der Waals surface area contributed by atoms with Crippen molar-refractivity contribution in [2.45, 2.75) is 20.8 Å². The molecule has 0 rings (SSSR count). The van der Waals surface area contributed by atoms with Gasteiger partial charge in [-0.05, 0) is 20.8 Å². The van der Waals surface area contributed by atoms with E-state index in [0.29, 0.717) is 0 Å². The lowest BCUT2D eigenvalue weighted by molar-refractivity contribution is 1.45. The average Bonchev–Trinajstić information content (AvgIpc) is 1.63. The Morgan fingerprint density at radius 2 is 1.89 bits per heavy atom. The highest BCUT2D eigenvalue weighted by Crippen LogP contribution is 1.82. The normalized spacial score (nSPS) is 10.8. The Morgan fingerprint density at radius 1 is 1.33 bits per heavy atom. The van der Waals surface area contributed by atoms with Gasteiger partial charge < -0.3 is 0 Å². The van der Waals surface area contributed by atoms with E-state index >= 15 is 0 Å². The van der Waals surface area contributed by atoms with Crippen LogP contribution in [0.2, 0.25) is 0 Å². The fourth-order valence-electron chi connectivity index (χ4n) is 0.485. The SMILES string of the molecule is C=C/N=C(/C)N=C(C)C. The molecule has 9 heavy (non-hydrogen) atoms. The number of rotatable bonds is 1. The highest BCUT2D eigenvalue weighted by molar-refractivity contribution is 5.94. The van der Waals surface area contributed by atoms with Crippen molar-refractivity contribution >= 4 is 11.5 Å². The van der Waals surface area contributed by atoms with Gasteiger partial charge in [0.2, 0.25) is 0 Å². The Balaban J connectivity index is 4.05. The summed E-state index contributed by atoms with van der Waals surface area (Å²) in [6.07, 6.45) is 1.49. The van der Waals surface area contributed by atoms with Crippen LogP contribution in [0.25, 0.3) is 0 Å². The van der Waals surface area contributed by atoms with Crippen LogP contribution < -0.4 is 0 Å². The zero-order valence-corrected chi connectivity index (χ0v) is 6.18. The molecule has 0 aromatic heterocycles. The molecule has 2 heteroatoms. The molecule has 0 saturated heterocycles. The van der Waals surface area contributed by atoms with Crippen molar-refractivity contribution < 1.29 is 0 Å². The maximum absolute atomic E-state index is 4.06. The predicted octanol–water partition coefficient (Wildman–Crippen LogP) is 2.03.